The molecule has 3 fully saturated rings. The van der Waals surface area contributed by atoms with Crippen LogP contribution in [-0.4, -0.2) is 66.8 Å². The summed E-state index contributed by atoms with van der Waals surface area (Å²) in [6.07, 6.45) is 9.14. The molecule has 1 saturated heterocycles. The van der Waals surface area contributed by atoms with Gasteiger partial charge in [-0.1, -0.05) is 6.42 Å². The number of aromatic nitrogens is 6. The lowest BCUT2D eigenvalue weighted by molar-refractivity contribution is 0.135. The van der Waals surface area contributed by atoms with Crippen molar-refractivity contribution in [2.75, 3.05) is 42.1 Å². The van der Waals surface area contributed by atoms with Crippen LogP contribution < -0.4 is 16.0 Å². The fourth-order valence-electron chi connectivity index (χ4n) is 6.94. The Hall–Kier alpha value is -3.83. The molecular formula is C28H30N10S. The van der Waals surface area contributed by atoms with E-state index in [1.807, 2.05) is 12.1 Å². The monoisotopic (exact) mass is 538 g/mol. The summed E-state index contributed by atoms with van der Waals surface area (Å²) in [7, 11) is 0. The van der Waals surface area contributed by atoms with E-state index in [1.54, 1.807) is 10.9 Å². The number of hydrogen-bond acceptors (Lipinski definition) is 10. The lowest BCUT2D eigenvalue weighted by atomic mass is 9.93. The topological polar surface area (TPSA) is 114 Å². The molecule has 0 spiro atoms. The predicted octanol–water partition coefficient (Wildman–Crippen LogP) is 4.46. The molecule has 2 bridgehead atoms. The molecule has 3 atom stereocenters. The van der Waals surface area contributed by atoms with Crippen molar-refractivity contribution in [1.82, 2.24) is 34.6 Å². The van der Waals surface area contributed by atoms with E-state index in [4.69, 9.17) is 5.73 Å². The maximum absolute atomic E-state index is 6.28. The molecule has 11 heteroatoms. The normalized spacial score (nSPS) is 23.3. The molecule has 0 amide bonds. The first kappa shape index (κ1) is 23.1. The summed E-state index contributed by atoms with van der Waals surface area (Å²) in [5.74, 6) is 3.24. The van der Waals surface area contributed by atoms with Crippen LogP contribution in [0, 0.1) is 11.8 Å². The highest BCUT2D eigenvalue weighted by Crippen LogP contribution is 2.46. The van der Waals surface area contributed by atoms with Gasteiger partial charge in [0, 0.05) is 55.2 Å². The van der Waals surface area contributed by atoms with Crippen LogP contribution in [0.5, 0.6) is 0 Å². The third kappa shape index (κ3) is 3.99. The van der Waals surface area contributed by atoms with Crippen molar-refractivity contribution in [2.45, 2.75) is 31.7 Å². The predicted molar refractivity (Wildman–Crippen MR) is 155 cm³/mol. The van der Waals surface area contributed by atoms with Gasteiger partial charge in [0.2, 0.25) is 11.9 Å². The highest BCUT2D eigenvalue weighted by molar-refractivity contribution is 7.25. The van der Waals surface area contributed by atoms with Crippen molar-refractivity contribution in [3.05, 3.63) is 48.9 Å². The number of nitrogens with one attached hydrogen (secondary N) is 1. The third-order valence-electron chi connectivity index (χ3n) is 8.82. The average molecular weight is 539 g/mol. The van der Waals surface area contributed by atoms with E-state index >= 15 is 0 Å². The molecule has 2 aliphatic carbocycles. The molecule has 1 aromatic carbocycles. The Balaban J connectivity index is 0.966. The van der Waals surface area contributed by atoms with Crippen LogP contribution in [0.2, 0.25) is 0 Å². The number of nitrogen functional groups attached to an aromatic ring is 1. The van der Waals surface area contributed by atoms with Crippen molar-refractivity contribution < 1.29 is 0 Å². The molecule has 3 aliphatic rings. The van der Waals surface area contributed by atoms with Crippen LogP contribution in [0.3, 0.4) is 0 Å². The van der Waals surface area contributed by atoms with Gasteiger partial charge in [0.25, 0.3) is 0 Å². The van der Waals surface area contributed by atoms with Gasteiger partial charge in [0.1, 0.15) is 15.9 Å². The minimum Gasteiger partial charge on any atom is -0.369 e. The van der Waals surface area contributed by atoms with E-state index in [9.17, 15) is 0 Å². The highest BCUT2D eigenvalue weighted by Gasteiger charge is 2.42. The van der Waals surface area contributed by atoms with Crippen LogP contribution in [0.4, 0.5) is 23.3 Å². The Morgan fingerprint density at radius 2 is 1.82 bits per heavy atom. The Bertz CT molecular complexity index is 1650. The Morgan fingerprint density at radius 1 is 0.949 bits per heavy atom. The van der Waals surface area contributed by atoms with Crippen LogP contribution >= 0.6 is 11.3 Å². The maximum atomic E-state index is 6.28. The lowest BCUT2D eigenvalue weighted by Gasteiger charge is -2.41. The average Bonchev–Trinajstić information content (AvgIpc) is 3.77. The zero-order chi connectivity index (χ0) is 25.9. The summed E-state index contributed by atoms with van der Waals surface area (Å²) < 4.78 is 2.44. The number of fused-ring (bicyclic) bond motifs is 5. The van der Waals surface area contributed by atoms with Crippen molar-refractivity contribution in [3.8, 4) is 5.82 Å². The molecule has 5 heterocycles. The second kappa shape index (κ2) is 9.13. The molecule has 4 aromatic heterocycles. The van der Waals surface area contributed by atoms with Crippen LogP contribution in [0.25, 0.3) is 26.3 Å². The van der Waals surface area contributed by atoms with Gasteiger partial charge in [-0.3, -0.25) is 4.90 Å². The van der Waals surface area contributed by atoms with E-state index in [0.29, 0.717) is 11.8 Å². The number of rotatable bonds is 5. The summed E-state index contributed by atoms with van der Waals surface area (Å²) in [5.41, 5.74) is 9.28. The largest absolute Gasteiger partial charge is 0.369 e. The number of pyridine rings is 1. The van der Waals surface area contributed by atoms with Crippen molar-refractivity contribution in [2.24, 2.45) is 11.8 Å². The first-order valence-electron chi connectivity index (χ1n) is 13.8. The van der Waals surface area contributed by atoms with Crippen molar-refractivity contribution in [1.29, 1.82) is 0 Å². The summed E-state index contributed by atoms with van der Waals surface area (Å²) >= 11 is 1.52. The van der Waals surface area contributed by atoms with Crippen LogP contribution in [0.1, 0.15) is 25.7 Å². The molecule has 2 saturated carbocycles. The molecule has 198 valence electrons. The first-order valence-corrected chi connectivity index (χ1v) is 14.6. The second-order valence-corrected chi connectivity index (χ2v) is 12.0. The first-order chi connectivity index (χ1) is 19.2. The standard InChI is InChI=1S/C28H30N10S/c29-27-34-28(35-38(27)25-24-23(31-16-32-25)21-2-1-9-30-26(21)39-24)33-19-5-7-20(8-6-19)36-10-12-37(13-11-36)22-15-17-3-4-18(22)14-17/h1-2,5-9,16-18,22H,3-4,10-15H2,(H3,29,33,34,35). The van der Waals surface area contributed by atoms with E-state index in [1.165, 1.54) is 62.1 Å². The maximum Gasteiger partial charge on any atom is 0.248 e. The SMILES string of the molecule is Nc1nc(Nc2ccc(N3CCN(C4CC5CCC4C5)CC3)cc2)nn1-c1ncnc2c1sc1ncccc12. The van der Waals surface area contributed by atoms with Crippen LogP contribution in [-0.2, 0) is 0 Å². The summed E-state index contributed by atoms with van der Waals surface area (Å²) in [6.45, 7) is 4.51. The number of benzene rings is 1. The fourth-order valence-corrected chi connectivity index (χ4v) is 8.01. The quantitative estimate of drug-likeness (QED) is 0.335. The molecule has 10 nitrogen and oxygen atoms in total. The van der Waals surface area contributed by atoms with Gasteiger partial charge in [-0.25, -0.2) is 15.0 Å². The van der Waals surface area contributed by atoms with Crippen molar-refractivity contribution >= 4 is 55.0 Å². The van der Waals surface area contributed by atoms with Gasteiger partial charge in [-0.05, 0) is 67.5 Å². The Kier molecular flexibility index (Phi) is 5.41. The molecule has 8 rings (SSSR count). The van der Waals surface area contributed by atoms with E-state index in [0.717, 1.165) is 57.1 Å². The van der Waals surface area contributed by atoms with Gasteiger partial charge < -0.3 is 16.0 Å². The fraction of sp³-hybridized carbons (Fsp3) is 0.393. The van der Waals surface area contributed by atoms with E-state index in [2.05, 4.69) is 64.4 Å². The number of piperazine rings is 1. The van der Waals surface area contributed by atoms with Crippen molar-refractivity contribution in [3.63, 3.8) is 0 Å². The number of anilines is 4. The molecule has 39 heavy (non-hydrogen) atoms. The zero-order valence-electron chi connectivity index (χ0n) is 21.6. The van der Waals surface area contributed by atoms with Gasteiger partial charge in [-0.15, -0.1) is 16.4 Å². The zero-order valence-corrected chi connectivity index (χ0v) is 22.4. The Morgan fingerprint density at radius 3 is 2.62 bits per heavy atom. The summed E-state index contributed by atoms with van der Waals surface area (Å²) in [4.78, 5) is 24.0. The molecular weight excluding hydrogens is 508 g/mol. The number of nitrogens with two attached hydrogens (primary N) is 1. The van der Waals surface area contributed by atoms with Gasteiger partial charge in [0.05, 0.1) is 5.52 Å². The number of nitrogens with zero attached hydrogens (tertiary/aromatic N) is 8. The molecule has 5 aromatic rings. The van der Waals surface area contributed by atoms with E-state index in [-0.39, 0.29) is 5.95 Å². The lowest BCUT2D eigenvalue weighted by Crippen LogP contribution is -2.51. The highest BCUT2D eigenvalue weighted by atomic mass is 32.1. The molecule has 3 unspecified atom stereocenters. The molecule has 1 aliphatic heterocycles. The van der Waals surface area contributed by atoms with Gasteiger partial charge in [0.15, 0.2) is 5.82 Å². The van der Waals surface area contributed by atoms with Gasteiger partial charge in [-0.2, -0.15) is 9.67 Å². The molecule has 0 radical (unpaired) electrons. The smallest absolute Gasteiger partial charge is 0.248 e. The minimum absolute atomic E-state index is 0.257. The number of thiophene rings is 1. The number of hydrogen-bond donors (Lipinski definition) is 2. The molecule has 3 N–H and O–H groups in total. The van der Waals surface area contributed by atoms with E-state index < -0.39 is 0 Å². The van der Waals surface area contributed by atoms with Gasteiger partial charge >= 0.3 is 0 Å². The second-order valence-electron chi connectivity index (χ2n) is 11.0. The summed E-state index contributed by atoms with van der Waals surface area (Å²) in [6, 6.07) is 13.3. The third-order valence-corrected chi connectivity index (χ3v) is 9.91. The van der Waals surface area contributed by atoms with Crippen LogP contribution in [0.15, 0.2) is 48.9 Å². The Labute approximate surface area is 229 Å². The minimum atomic E-state index is 0.257. The summed E-state index contributed by atoms with van der Waals surface area (Å²) in [5, 5.41) is 8.91.